The third-order valence-corrected chi connectivity index (χ3v) is 1.18. The summed E-state index contributed by atoms with van der Waals surface area (Å²) < 4.78 is 0. The van der Waals surface area contributed by atoms with E-state index >= 15 is 0 Å². The van der Waals surface area contributed by atoms with Crippen LogP contribution in [0.4, 0.5) is 0 Å². The minimum Gasteiger partial charge on any atom is -0.358 e. The molecule has 74 valence electrons. The smallest absolute Gasteiger partial charge is 0.159 e. The van der Waals surface area contributed by atoms with Crippen molar-refractivity contribution in [1.82, 2.24) is 0 Å². The minimum atomic E-state index is 0. The number of carbonyl (C=O) groups excluding carboxylic acids is 1. The van der Waals surface area contributed by atoms with Gasteiger partial charge in [0.25, 0.3) is 0 Å². The monoisotopic (exact) mass is 343 g/mol. The van der Waals surface area contributed by atoms with E-state index in [9.17, 15) is 4.79 Å². The summed E-state index contributed by atoms with van der Waals surface area (Å²) >= 11 is 0. The Hall–Kier alpha value is 1.10. The molecule has 0 amide bonds. The van der Waals surface area contributed by atoms with Crippen LogP contribution in [0.3, 0.4) is 0 Å². The van der Waals surface area contributed by atoms with Crippen molar-refractivity contribution in [1.29, 1.82) is 0 Å². The zero-order chi connectivity index (χ0) is 8.69. The number of ketones is 1. The maximum atomic E-state index is 10.6. The second kappa shape index (κ2) is 16.5. The van der Waals surface area contributed by atoms with Crippen molar-refractivity contribution in [3.63, 3.8) is 0 Å². The number of benzene rings is 1. The third-order valence-electron chi connectivity index (χ3n) is 1.18. The van der Waals surface area contributed by atoms with Gasteiger partial charge in [0.1, 0.15) is 0 Å². The molecule has 0 spiro atoms. The Balaban J connectivity index is -0.0000000942. The fraction of sp³-hybridized carbons (Fsp3) is 0.273. The molecule has 0 aliphatic carbocycles. The Morgan fingerprint density at radius 3 is 1.57 bits per heavy atom. The van der Waals surface area contributed by atoms with Gasteiger partial charge < -0.3 is 7.43 Å². The number of carbonyl (C=O) groups is 1. The van der Waals surface area contributed by atoms with Gasteiger partial charge in [0.15, 0.2) is 5.78 Å². The van der Waals surface area contributed by atoms with Crippen LogP contribution in [0, 0.1) is 7.43 Å². The molecule has 2 radical (unpaired) electrons. The first-order chi connectivity index (χ1) is 5.30. The quantitative estimate of drug-likeness (QED) is 0.565. The third kappa shape index (κ3) is 11.2. The van der Waals surface area contributed by atoms with Crippen molar-refractivity contribution < 1.29 is 70.2 Å². The van der Waals surface area contributed by atoms with E-state index in [1.54, 1.807) is 6.92 Å². The van der Waals surface area contributed by atoms with Crippen LogP contribution in [-0.2, 0) is 65.4 Å². The van der Waals surface area contributed by atoms with E-state index in [1.807, 2.05) is 44.2 Å². The van der Waals surface area contributed by atoms with Crippen molar-refractivity contribution in [2.24, 2.45) is 0 Å². The number of Topliss-reactive ketones (excluding diaryl/α,β-unsaturated/α-hetero) is 1. The molecular weight excluding hydrogens is 326 g/mol. The standard InChI is InChI=1S/C8H8O.C2H6.CH3.2Y/c1-7(9)8-5-3-2-4-6-8;1-2;;;/h2-6H,1H3;1-2H3;1H3;;/q;;-1;;. The Kier molecular flexibility index (Phi) is 28.8. The molecular formula is C11H17OY2-. The van der Waals surface area contributed by atoms with E-state index in [0.717, 1.165) is 5.56 Å². The van der Waals surface area contributed by atoms with E-state index in [2.05, 4.69) is 0 Å². The fourth-order valence-corrected chi connectivity index (χ4v) is 0.673. The molecule has 14 heavy (non-hydrogen) atoms. The average Bonchev–Trinajstić information content (AvgIpc) is 2.10. The van der Waals surface area contributed by atoms with Crippen LogP contribution in [0.1, 0.15) is 31.1 Å². The topological polar surface area (TPSA) is 17.1 Å². The van der Waals surface area contributed by atoms with Crippen LogP contribution in [0.15, 0.2) is 30.3 Å². The van der Waals surface area contributed by atoms with Crippen LogP contribution >= 0.6 is 0 Å². The van der Waals surface area contributed by atoms with E-state index in [4.69, 9.17) is 0 Å². The molecule has 0 aromatic heterocycles. The molecule has 0 fully saturated rings. The predicted molar refractivity (Wildman–Crippen MR) is 54.2 cm³/mol. The van der Waals surface area contributed by atoms with Crippen LogP contribution in [0.5, 0.6) is 0 Å². The van der Waals surface area contributed by atoms with Gasteiger partial charge in [0, 0.05) is 71.0 Å². The van der Waals surface area contributed by atoms with Crippen molar-refractivity contribution in [3.05, 3.63) is 43.3 Å². The van der Waals surface area contributed by atoms with Crippen molar-refractivity contribution in [2.45, 2.75) is 20.8 Å². The molecule has 0 atom stereocenters. The van der Waals surface area contributed by atoms with Crippen molar-refractivity contribution >= 4 is 5.78 Å². The van der Waals surface area contributed by atoms with E-state index in [-0.39, 0.29) is 78.6 Å². The van der Waals surface area contributed by atoms with Gasteiger partial charge in [-0.15, -0.1) is 0 Å². The van der Waals surface area contributed by atoms with Gasteiger partial charge in [0.2, 0.25) is 0 Å². The maximum absolute atomic E-state index is 10.6. The van der Waals surface area contributed by atoms with Gasteiger partial charge in [-0.1, -0.05) is 44.2 Å². The van der Waals surface area contributed by atoms with Gasteiger partial charge in [-0.2, -0.15) is 0 Å². The van der Waals surface area contributed by atoms with Crippen molar-refractivity contribution in [3.8, 4) is 0 Å². The first-order valence-corrected chi connectivity index (χ1v) is 3.86. The molecule has 0 aliphatic heterocycles. The SMILES string of the molecule is CC.CC(=O)c1ccccc1.[CH3-].[Y].[Y]. The number of rotatable bonds is 1. The summed E-state index contributed by atoms with van der Waals surface area (Å²) in [5.74, 6) is 0.121. The zero-order valence-electron chi connectivity index (χ0n) is 9.45. The summed E-state index contributed by atoms with van der Waals surface area (Å²) in [6.07, 6.45) is 0. The van der Waals surface area contributed by atoms with E-state index < -0.39 is 0 Å². The van der Waals surface area contributed by atoms with Gasteiger partial charge in [-0.05, 0) is 6.92 Å². The molecule has 0 bridgehead atoms. The number of hydrogen-bond acceptors (Lipinski definition) is 1. The van der Waals surface area contributed by atoms with Crippen LogP contribution in [0.25, 0.3) is 0 Å². The Morgan fingerprint density at radius 1 is 1.00 bits per heavy atom. The Bertz CT molecular complexity index is 210. The summed E-state index contributed by atoms with van der Waals surface area (Å²) in [4.78, 5) is 10.6. The van der Waals surface area contributed by atoms with Crippen LogP contribution in [0.2, 0.25) is 0 Å². The summed E-state index contributed by atoms with van der Waals surface area (Å²) in [7, 11) is 0. The molecule has 0 saturated heterocycles. The summed E-state index contributed by atoms with van der Waals surface area (Å²) in [5.41, 5.74) is 0.775. The van der Waals surface area contributed by atoms with Gasteiger partial charge >= 0.3 is 0 Å². The van der Waals surface area contributed by atoms with Gasteiger partial charge in [-0.25, -0.2) is 0 Å². The summed E-state index contributed by atoms with van der Waals surface area (Å²) in [6, 6.07) is 9.23. The van der Waals surface area contributed by atoms with E-state index in [0.29, 0.717) is 0 Å². The van der Waals surface area contributed by atoms with Crippen LogP contribution < -0.4 is 0 Å². The second-order valence-electron chi connectivity index (χ2n) is 1.92. The largest absolute Gasteiger partial charge is 0.358 e. The molecule has 0 unspecified atom stereocenters. The Labute approximate surface area is 138 Å². The summed E-state index contributed by atoms with van der Waals surface area (Å²) in [5, 5.41) is 0. The molecule has 1 nitrogen and oxygen atoms in total. The molecule has 0 heterocycles. The molecule has 3 heteroatoms. The molecule has 1 rings (SSSR count). The summed E-state index contributed by atoms with van der Waals surface area (Å²) in [6.45, 7) is 5.56. The van der Waals surface area contributed by atoms with Crippen molar-refractivity contribution in [2.75, 3.05) is 0 Å². The molecule has 0 saturated carbocycles. The average molecular weight is 343 g/mol. The predicted octanol–water partition coefficient (Wildman–Crippen LogP) is 3.36. The van der Waals surface area contributed by atoms with Gasteiger partial charge in [0.05, 0.1) is 0 Å². The van der Waals surface area contributed by atoms with Crippen LogP contribution in [-0.4, -0.2) is 5.78 Å². The maximum Gasteiger partial charge on any atom is 0.159 e. The normalized spacial score (nSPS) is 6.21. The second-order valence-corrected chi connectivity index (χ2v) is 1.92. The molecule has 1 aromatic rings. The molecule has 1 aromatic carbocycles. The van der Waals surface area contributed by atoms with E-state index in [1.165, 1.54) is 0 Å². The first-order valence-electron chi connectivity index (χ1n) is 3.86. The van der Waals surface area contributed by atoms with Gasteiger partial charge in [-0.3, -0.25) is 4.79 Å². The first kappa shape index (κ1) is 24.4. The molecule has 0 aliphatic rings. The fourth-order valence-electron chi connectivity index (χ4n) is 0.673. The Morgan fingerprint density at radius 2 is 1.36 bits per heavy atom. The number of hydrogen-bond donors (Lipinski definition) is 0. The minimum absolute atomic E-state index is 0. The zero-order valence-corrected chi connectivity index (χ0v) is 15.1. The molecule has 0 N–H and O–H groups in total.